The Morgan fingerprint density at radius 2 is 0.633 bits per heavy atom. The molecule has 0 heterocycles. The topological polar surface area (TPSA) is 87.3 Å². The highest BCUT2D eigenvalue weighted by Gasteiger charge is 1.89. The van der Waals surface area contributed by atoms with Crippen LogP contribution in [0.15, 0.2) is 105 Å². The summed E-state index contributed by atoms with van der Waals surface area (Å²) < 4.78 is 0. The Hall–Kier alpha value is -3.93. The number of anilines is 3. The molecule has 156 valence electrons. The van der Waals surface area contributed by atoms with Gasteiger partial charge in [0.1, 0.15) is 0 Å². The van der Waals surface area contributed by atoms with Crippen molar-refractivity contribution in [1.29, 1.82) is 0 Å². The SMILES string of the molecule is CNc1cccccc1=O.CNc1cccccc1=O.CNc1cccccc1=O. The predicted octanol–water partition coefficient (Wildman–Crippen LogP) is 3.27. The number of hydrogen-bond donors (Lipinski definition) is 3. The van der Waals surface area contributed by atoms with Crippen molar-refractivity contribution in [2.45, 2.75) is 0 Å². The molecule has 0 spiro atoms. The minimum atomic E-state index is 0.0208. The van der Waals surface area contributed by atoms with Crippen LogP contribution in [0.5, 0.6) is 0 Å². The van der Waals surface area contributed by atoms with E-state index in [9.17, 15) is 14.4 Å². The summed E-state index contributed by atoms with van der Waals surface area (Å²) in [6.45, 7) is 0. The van der Waals surface area contributed by atoms with Crippen molar-refractivity contribution in [2.24, 2.45) is 0 Å². The van der Waals surface area contributed by atoms with Crippen LogP contribution in [0.4, 0.5) is 17.1 Å². The molecular formula is C24H27N3O3. The molecule has 6 nitrogen and oxygen atoms in total. The first kappa shape index (κ1) is 24.1. The predicted molar refractivity (Wildman–Crippen MR) is 127 cm³/mol. The molecule has 0 aliphatic rings. The van der Waals surface area contributed by atoms with Gasteiger partial charge in [0.05, 0.1) is 17.1 Å². The van der Waals surface area contributed by atoms with E-state index in [4.69, 9.17) is 0 Å². The second-order valence-electron chi connectivity index (χ2n) is 5.82. The minimum Gasteiger partial charge on any atom is -0.385 e. The van der Waals surface area contributed by atoms with Gasteiger partial charge in [0, 0.05) is 21.1 Å². The average Bonchev–Trinajstić information content (AvgIpc) is 3.19. The summed E-state index contributed by atoms with van der Waals surface area (Å²) in [4.78, 5) is 33.0. The summed E-state index contributed by atoms with van der Waals surface area (Å²) in [5.74, 6) is 0. The first-order valence-corrected chi connectivity index (χ1v) is 9.34. The van der Waals surface area contributed by atoms with Gasteiger partial charge in [-0.3, -0.25) is 14.4 Å². The van der Waals surface area contributed by atoms with E-state index in [2.05, 4.69) is 16.0 Å². The van der Waals surface area contributed by atoms with Crippen molar-refractivity contribution >= 4 is 17.1 Å². The van der Waals surface area contributed by atoms with Gasteiger partial charge in [-0.2, -0.15) is 0 Å². The Bertz CT molecular complexity index is 949. The maximum atomic E-state index is 11.0. The molecule has 3 aromatic carbocycles. The van der Waals surface area contributed by atoms with Gasteiger partial charge in [0.2, 0.25) is 16.3 Å². The molecule has 0 fully saturated rings. The fourth-order valence-corrected chi connectivity index (χ4v) is 2.21. The van der Waals surface area contributed by atoms with Gasteiger partial charge in [-0.1, -0.05) is 54.6 Å². The van der Waals surface area contributed by atoms with Crippen molar-refractivity contribution in [2.75, 3.05) is 37.1 Å². The second-order valence-corrected chi connectivity index (χ2v) is 5.82. The lowest BCUT2D eigenvalue weighted by atomic mass is 10.4. The summed E-state index contributed by atoms with van der Waals surface area (Å²) in [6, 6.07) is 26.0. The summed E-state index contributed by atoms with van der Waals surface area (Å²) >= 11 is 0. The largest absolute Gasteiger partial charge is 0.385 e. The van der Waals surface area contributed by atoms with E-state index in [0.717, 1.165) is 0 Å². The van der Waals surface area contributed by atoms with Crippen LogP contribution in [0.3, 0.4) is 0 Å². The van der Waals surface area contributed by atoms with Gasteiger partial charge in [0.15, 0.2) is 0 Å². The Balaban J connectivity index is 0.000000225. The number of nitrogens with one attached hydrogen (secondary N) is 3. The fraction of sp³-hybridized carbons (Fsp3) is 0.125. The Labute approximate surface area is 176 Å². The summed E-state index contributed by atoms with van der Waals surface area (Å²) in [5, 5.41) is 8.41. The highest BCUT2D eigenvalue weighted by Crippen LogP contribution is 1.94. The minimum absolute atomic E-state index is 0.0208. The lowest BCUT2D eigenvalue weighted by Crippen LogP contribution is -2.02. The molecule has 3 aromatic rings. The van der Waals surface area contributed by atoms with Gasteiger partial charge in [-0.25, -0.2) is 0 Å². The van der Waals surface area contributed by atoms with Crippen molar-refractivity contribution < 1.29 is 0 Å². The monoisotopic (exact) mass is 405 g/mol. The quantitative estimate of drug-likeness (QED) is 0.620. The molecule has 3 rings (SSSR count). The molecule has 0 bridgehead atoms. The van der Waals surface area contributed by atoms with E-state index < -0.39 is 0 Å². The Morgan fingerprint density at radius 1 is 0.400 bits per heavy atom. The molecule has 6 heteroatoms. The number of rotatable bonds is 3. The molecular weight excluding hydrogens is 378 g/mol. The van der Waals surface area contributed by atoms with E-state index in [-0.39, 0.29) is 16.3 Å². The molecule has 0 amide bonds. The van der Waals surface area contributed by atoms with Crippen LogP contribution >= 0.6 is 0 Å². The van der Waals surface area contributed by atoms with Gasteiger partial charge in [0.25, 0.3) is 0 Å². The molecule has 0 aliphatic carbocycles. The van der Waals surface area contributed by atoms with Crippen molar-refractivity contribution in [3.8, 4) is 0 Å². The Morgan fingerprint density at radius 3 is 0.867 bits per heavy atom. The number of hydrogen-bond acceptors (Lipinski definition) is 6. The van der Waals surface area contributed by atoms with Crippen LogP contribution in [-0.4, -0.2) is 21.1 Å². The smallest absolute Gasteiger partial charge is 0.201 e. The standard InChI is InChI=1S/3C8H9NO/c3*1-9-7-5-3-2-4-6-8(7)10/h3*2-6H,1H3,(H,9,10). The molecule has 0 saturated carbocycles. The third-order valence-corrected chi connectivity index (χ3v) is 3.80. The lowest BCUT2D eigenvalue weighted by Gasteiger charge is -1.89. The van der Waals surface area contributed by atoms with Crippen molar-refractivity contribution in [3.63, 3.8) is 0 Å². The van der Waals surface area contributed by atoms with Crippen LogP contribution in [0, 0.1) is 0 Å². The highest BCUT2D eigenvalue weighted by atomic mass is 16.1. The third kappa shape index (κ3) is 8.84. The molecule has 0 radical (unpaired) electrons. The molecule has 30 heavy (non-hydrogen) atoms. The van der Waals surface area contributed by atoms with Gasteiger partial charge in [-0.15, -0.1) is 0 Å². The van der Waals surface area contributed by atoms with Crippen LogP contribution in [0.1, 0.15) is 0 Å². The second kappa shape index (κ2) is 14.1. The molecule has 0 aliphatic heterocycles. The van der Waals surface area contributed by atoms with E-state index in [1.807, 2.05) is 36.4 Å². The zero-order chi connectivity index (χ0) is 22.2. The summed E-state index contributed by atoms with van der Waals surface area (Å²) in [6.07, 6.45) is 0. The van der Waals surface area contributed by atoms with E-state index in [1.165, 1.54) is 18.2 Å². The van der Waals surface area contributed by atoms with Gasteiger partial charge in [-0.05, 0) is 36.4 Å². The van der Waals surface area contributed by atoms with Crippen LogP contribution in [0.25, 0.3) is 0 Å². The van der Waals surface area contributed by atoms with E-state index in [1.54, 1.807) is 57.5 Å². The highest BCUT2D eigenvalue weighted by molar-refractivity contribution is 5.41. The molecule has 0 saturated heterocycles. The maximum Gasteiger partial charge on any atom is 0.201 e. The molecule has 3 N–H and O–H groups in total. The molecule has 0 aromatic heterocycles. The van der Waals surface area contributed by atoms with E-state index in [0.29, 0.717) is 17.1 Å². The zero-order valence-corrected chi connectivity index (χ0v) is 17.4. The first-order chi connectivity index (χ1) is 14.5. The first-order valence-electron chi connectivity index (χ1n) is 9.34. The average molecular weight is 405 g/mol. The lowest BCUT2D eigenvalue weighted by molar-refractivity contribution is 1.49. The van der Waals surface area contributed by atoms with Gasteiger partial charge >= 0.3 is 0 Å². The molecule has 0 atom stereocenters. The third-order valence-electron chi connectivity index (χ3n) is 3.80. The van der Waals surface area contributed by atoms with E-state index >= 15 is 0 Å². The summed E-state index contributed by atoms with van der Waals surface area (Å²) in [5.41, 5.74) is 1.95. The van der Waals surface area contributed by atoms with Crippen molar-refractivity contribution in [3.05, 3.63) is 122 Å². The van der Waals surface area contributed by atoms with Gasteiger partial charge < -0.3 is 16.0 Å². The Kier molecular flexibility index (Phi) is 11.3. The van der Waals surface area contributed by atoms with Crippen LogP contribution < -0.4 is 32.2 Å². The molecule has 0 unspecified atom stereocenters. The zero-order valence-electron chi connectivity index (χ0n) is 17.4. The van der Waals surface area contributed by atoms with Crippen LogP contribution in [0.2, 0.25) is 0 Å². The fourth-order valence-electron chi connectivity index (χ4n) is 2.21. The maximum absolute atomic E-state index is 11.0. The van der Waals surface area contributed by atoms with Crippen LogP contribution in [-0.2, 0) is 0 Å². The van der Waals surface area contributed by atoms with Crippen molar-refractivity contribution in [1.82, 2.24) is 0 Å². The normalized spacial score (nSPS) is 8.90. The summed E-state index contributed by atoms with van der Waals surface area (Å²) in [7, 11) is 5.20.